The van der Waals surface area contributed by atoms with Crippen LogP contribution in [0.2, 0.25) is 0 Å². The van der Waals surface area contributed by atoms with Gasteiger partial charge in [-0.2, -0.15) is 10.4 Å². The lowest BCUT2D eigenvalue weighted by atomic mass is 10.2. The Balaban J connectivity index is 2.45. The van der Waals surface area contributed by atoms with Crippen LogP contribution in [0.3, 0.4) is 0 Å². The Bertz CT molecular complexity index is 512. The highest BCUT2D eigenvalue weighted by Crippen LogP contribution is 2.27. The van der Waals surface area contributed by atoms with Gasteiger partial charge in [-0.25, -0.2) is 0 Å². The van der Waals surface area contributed by atoms with Crippen LogP contribution in [0.15, 0.2) is 23.3 Å². The van der Waals surface area contributed by atoms with Crippen LogP contribution in [0.1, 0.15) is 38.2 Å². The summed E-state index contributed by atoms with van der Waals surface area (Å²) < 4.78 is 16.0. The zero-order chi connectivity index (χ0) is 16.8. The maximum Gasteiger partial charge on any atom is 0.161 e. The molecule has 0 saturated heterocycles. The quantitative estimate of drug-likeness (QED) is 0.277. The number of methoxy groups -OCH3 is 1. The summed E-state index contributed by atoms with van der Waals surface area (Å²) in [4.78, 5) is 0. The summed E-state index contributed by atoms with van der Waals surface area (Å²) in [6.45, 7) is 3.12. The normalized spacial score (nSPS) is 10.5. The van der Waals surface area contributed by atoms with Gasteiger partial charge in [-0.05, 0) is 30.2 Å². The molecule has 1 rings (SSSR count). The summed E-state index contributed by atoms with van der Waals surface area (Å²) in [7, 11) is 1.62. The Morgan fingerprint density at radius 3 is 2.87 bits per heavy atom. The van der Waals surface area contributed by atoms with E-state index in [2.05, 4.69) is 17.5 Å². The van der Waals surface area contributed by atoms with Crippen molar-refractivity contribution in [2.75, 3.05) is 27.1 Å². The molecule has 0 heterocycles. The lowest BCUT2D eigenvalue weighted by Gasteiger charge is -2.11. The van der Waals surface area contributed by atoms with Crippen LogP contribution in [0.5, 0.6) is 11.5 Å². The SMILES string of the molecule is CCCCCCOc1ccc(/C=N\NCOCC#N)cc1OC. The second kappa shape index (κ2) is 12.3. The minimum atomic E-state index is 0.0423. The van der Waals surface area contributed by atoms with Crippen LogP contribution in [0, 0.1) is 11.3 Å². The van der Waals surface area contributed by atoms with Gasteiger partial charge in [0.05, 0.1) is 26.0 Å². The lowest BCUT2D eigenvalue weighted by molar-refractivity contribution is 0.147. The van der Waals surface area contributed by atoms with Crippen LogP contribution in [-0.2, 0) is 4.74 Å². The van der Waals surface area contributed by atoms with Crippen molar-refractivity contribution in [3.8, 4) is 17.6 Å². The van der Waals surface area contributed by atoms with Crippen molar-refractivity contribution in [3.63, 3.8) is 0 Å². The molecule has 0 aliphatic heterocycles. The standard InChI is InChI=1S/C17H25N3O3/c1-3-4-5-6-10-23-16-8-7-15(12-17(16)21-2)13-19-20-14-22-11-9-18/h7-8,12-13,20H,3-6,10-11,14H2,1-2H3/b19-13-. The molecule has 6 heteroatoms. The van der Waals surface area contributed by atoms with Gasteiger partial charge < -0.3 is 14.2 Å². The zero-order valence-electron chi connectivity index (χ0n) is 13.9. The molecule has 0 bridgehead atoms. The second-order valence-corrected chi connectivity index (χ2v) is 4.89. The van der Waals surface area contributed by atoms with E-state index in [0.29, 0.717) is 12.4 Å². The van der Waals surface area contributed by atoms with E-state index in [0.717, 1.165) is 17.7 Å². The van der Waals surface area contributed by atoms with Crippen LogP contribution < -0.4 is 14.9 Å². The number of nitrogens with one attached hydrogen (secondary N) is 1. The second-order valence-electron chi connectivity index (χ2n) is 4.89. The van der Waals surface area contributed by atoms with Gasteiger partial charge in [0, 0.05) is 0 Å². The zero-order valence-corrected chi connectivity index (χ0v) is 13.9. The van der Waals surface area contributed by atoms with Crippen molar-refractivity contribution in [1.82, 2.24) is 5.43 Å². The molecule has 0 aromatic heterocycles. The smallest absolute Gasteiger partial charge is 0.161 e. The van der Waals surface area contributed by atoms with Crippen LogP contribution >= 0.6 is 0 Å². The third-order valence-electron chi connectivity index (χ3n) is 3.08. The Hall–Kier alpha value is -2.26. The number of ether oxygens (including phenoxy) is 3. The molecule has 0 fully saturated rings. The van der Waals surface area contributed by atoms with Crippen molar-refractivity contribution >= 4 is 6.21 Å². The topological polar surface area (TPSA) is 75.9 Å². The molecule has 6 nitrogen and oxygen atoms in total. The van der Waals surface area contributed by atoms with E-state index in [4.69, 9.17) is 19.5 Å². The summed E-state index contributed by atoms with van der Waals surface area (Å²) in [5.41, 5.74) is 3.58. The number of hydrogen-bond donors (Lipinski definition) is 1. The van der Waals surface area contributed by atoms with E-state index in [9.17, 15) is 0 Å². The molecular formula is C17H25N3O3. The Morgan fingerprint density at radius 2 is 2.13 bits per heavy atom. The van der Waals surface area contributed by atoms with E-state index in [-0.39, 0.29) is 13.3 Å². The van der Waals surface area contributed by atoms with Gasteiger partial charge in [-0.1, -0.05) is 26.2 Å². The summed E-state index contributed by atoms with van der Waals surface area (Å²) in [5.74, 6) is 1.43. The first-order chi connectivity index (χ1) is 11.3. The predicted molar refractivity (Wildman–Crippen MR) is 89.8 cm³/mol. The lowest BCUT2D eigenvalue weighted by Crippen LogP contribution is -2.11. The highest BCUT2D eigenvalue weighted by Gasteiger charge is 2.04. The van der Waals surface area contributed by atoms with Gasteiger partial charge in [0.1, 0.15) is 13.3 Å². The van der Waals surface area contributed by atoms with Gasteiger partial charge in [0.2, 0.25) is 0 Å². The monoisotopic (exact) mass is 319 g/mol. The summed E-state index contributed by atoms with van der Waals surface area (Å²) in [6.07, 6.45) is 6.34. The maximum atomic E-state index is 8.32. The van der Waals surface area contributed by atoms with Crippen molar-refractivity contribution in [2.24, 2.45) is 5.10 Å². The number of nitriles is 1. The summed E-state index contributed by atoms with van der Waals surface area (Å²) in [5, 5.41) is 12.3. The molecular weight excluding hydrogens is 294 g/mol. The molecule has 1 N–H and O–H groups in total. The van der Waals surface area contributed by atoms with E-state index in [1.165, 1.54) is 19.3 Å². The molecule has 0 aliphatic rings. The number of benzene rings is 1. The fraction of sp³-hybridized carbons (Fsp3) is 0.529. The van der Waals surface area contributed by atoms with E-state index >= 15 is 0 Å². The third kappa shape index (κ3) is 8.07. The average molecular weight is 319 g/mol. The van der Waals surface area contributed by atoms with Crippen LogP contribution in [0.25, 0.3) is 0 Å². The minimum absolute atomic E-state index is 0.0423. The summed E-state index contributed by atoms with van der Waals surface area (Å²) >= 11 is 0. The van der Waals surface area contributed by atoms with Crippen LogP contribution in [-0.4, -0.2) is 33.3 Å². The maximum absolute atomic E-state index is 8.32. The first-order valence-electron chi connectivity index (χ1n) is 7.83. The van der Waals surface area contributed by atoms with E-state index in [1.54, 1.807) is 13.3 Å². The molecule has 0 unspecified atom stereocenters. The molecule has 0 saturated carbocycles. The molecule has 23 heavy (non-hydrogen) atoms. The van der Waals surface area contributed by atoms with E-state index in [1.807, 2.05) is 24.3 Å². The fourth-order valence-corrected chi connectivity index (χ4v) is 1.89. The highest BCUT2D eigenvalue weighted by molar-refractivity contribution is 5.80. The third-order valence-corrected chi connectivity index (χ3v) is 3.08. The number of hydrogen-bond acceptors (Lipinski definition) is 6. The van der Waals surface area contributed by atoms with Gasteiger partial charge in [0.25, 0.3) is 0 Å². The van der Waals surface area contributed by atoms with Crippen molar-refractivity contribution < 1.29 is 14.2 Å². The summed E-state index contributed by atoms with van der Waals surface area (Å²) in [6, 6.07) is 7.53. The van der Waals surface area contributed by atoms with Crippen molar-refractivity contribution in [1.29, 1.82) is 5.26 Å². The molecule has 1 aromatic carbocycles. The number of unbranched alkanes of at least 4 members (excludes halogenated alkanes) is 3. The molecule has 0 radical (unpaired) electrons. The molecule has 1 aromatic rings. The van der Waals surface area contributed by atoms with Crippen molar-refractivity contribution in [2.45, 2.75) is 32.6 Å². The van der Waals surface area contributed by atoms with Gasteiger partial charge in [-0.15, -0.1) is 0 Å². The van der Waals surface area contributed by atoms with Crippen LogP contribution in [0.4, 0.5) is 0 Å². The Labute approximate surface area is 138 Å². The molecule has 0 atom stereocenters. The number of nitrogens with zero attached hydrogens (tertiary/aromatic N) is 2. The van der Waals surface area contributed by atoms with E-state index < -0.39 is 0 Å². The Kier molecular flexibility index (Phi) is 10.0. The average Bonchev–Trinajstić information content (AvgIpc) is 2.58. The molecule has 0 amide bonds. The largest absolute Gasteiger partial charge is 0.493 e. The van der Waals surface area contributed by atoms with Gasteiger partial charge >= 0.3 is 0 Å². The Morgan fingerprint density at radius 1 is 1.26 bits per heavy atom. The molecule has 0 spiro atoms. The van der Waals surface area contributed by atoms with Gasteiger partial charge in [0.15, 0.2) is 11.5 Å². The first-order valence-corrected chi connectivity index (χ1v) is 7.83. The predicted octanol–water partition coefficient (Wildman–Crippen LogP) is 3.08. The number of rotatable bonds is 12. The van der Waals surface area contributed by atoms with Gasteiger partial charge in [-0.3, -0.25) is 5.43 Å². The minimum Gasteiger partial charge on any atom is -0.493 e. The molecule has 0 aliphatic carbocycles. The fourth-order valence-electron chi connectivity index (χ4n) is 1.89. The highest BCUT2D eigenvalue weighted by atomic mass is 16.5. The first kappa shape index (κ1) is 18.8. The molecule has 126 valence electrons. The van der Waals surface area contributed by atoms with Crippen molar-refractivity contribution in [3.05, 3.63) is 23.8 Å². The number of hydrazone groups is 1.